The van der Waals surface area contributed by atoms with E-state index < -0.39 is 0 Å². The van der Waals surface area contributed by atoms with Gasteiger partial charge in [0, 0.05) is 5.56 Å². The molecule has 0 aliphatic heterocycles. The predicted octanol–water partition coefficient (Wildman–Crippen LogP) is 2.31. The molecule has 0 saturated heterocycles. The lowest BCUT2D eigenvalue weighted by molar-refractivity contribution is 0.392. The van der Waals surface area contributed by atoms with Gasteiger partial charge in [-0.25, -0.2) is 4.68 Å². The summed E-state index contributed by atoms with van der Waals surface area (Å²) in [5.74, 6) is 3.07. The van der Waals surface area contributed by atoms with Gasteiger partial charge in [0.05, 0.1) is 23.0 Å². The van der Waals surface area contributed by atoms with Crippen LogP contribution in [0.1, 0.15) is 30.0 Å². The molecule has 2 aromatic heterocycles. The summed E-state index contributed by atoms with van der Waals surface area (Å²) in [6.07, 6.45) is 6.60. The Labute approximate surface area is 127 Å². The lowest BCUT2D eigenvalue weighted by Gasteiger charge is -2.16. The Morgan fingerprint density at radius 2 is 2.29 bits per heavy atom. The first-order chi connectivity index (χ1) is 9.95. The first kappa shape index (κ1) is 15.1. The van der Waals surface area contributed by atoms with Crippen molar-refractivity contribution in [2.45, 2.75) is 33.4 Å². The molecule has 110 valence electrons. The van der Waals surface area contributed by atoms with Gasteiger partial charge in [-0.1, -0.05) is 22.7 Å². The van der Waals surface area contributed by atoms with Crippen LogP contribution in [0.3, 0.4) is 0 Å². The third-order valence-corrected chi connectivity index (χ3v) is 3.41. The van der Waals surface area contributed by atoms with Gasteiger partial charge in [-0.05, 0) is 20.8 Å². The van der Waals surface area contributed by atoms with Gasteiger partial charge in [0.1, 0.15) is 18.0 Å². The molecule has 0 amide bonds. The normalized spacial score (nSPS) is 12.0. The van der Waals surface area contributed by atoms with Crippen molar-refractivity contribution in [1.82, 2.24) is 14.9 Å². The number of hydrogen-bond donors (Lipinski definition) is 1. The molecule has 0 saturated carbocycles. The predicted molar refractivity (Wildman–Crippen MR) is 80.4 cm³/mol. The van der Waals surface area contributed by atoms with E-state index in [0.29, 0.717) is 5.76 Å². The largest absolute Gasteiger partial charge is 0.373 e. The summed E-state index contributed by atoms with van der Waals surface area (Å²) in [5.41, 5.74) is 1.56. The summed E-state index contributed by atoms with van der Waals surface area (Å²) in [6.45, 7) is 5.64. The highest BCUT2D eigenvalue weighted by molar-refractivity contribution is 6.33. The van der Waals surface area contributed by atoms with E-state index in [9.17, 15) is 4.79 Å². The minimum atomic E-state index is -0.362. The number of anilines is 1. The maximum atomic E-state index is 12.3. The zero-order chi connectivity index (χ0) is 15.6. The molecule has 0 radical (unpaired) electrons. The molecule has 21 heavy (non-hydrogen) atoms. The minimum Gasteiger partial charge on any atom is -0.373 e. The molecule has 2 aromatic rings. The van der Waals surface area contributed by atoms with Crippen molar-refractivity contribution in [3.8, 4) is 12.3 Å². The van der Waals surface area contributed by atoms with Crippen molar-refractivity contribution in [2.75, 3.05) is 5.32 Å². The zero-order valence-corrected chi connectivity index (χ0v) is 12.7. The van der Waals surface area contributed by atoms with Gasteiger partial charge < -0.3 is 9.84 Å². The molecule has 0 fully saturated rings. The Bertz CT molecular complexity index is 738. The van der Waals surface area contributed by atoms with Crippen molar-refractivity contribution >= 4 is 17.3 Å². The molecular weight excluding hydrogens is 292 g/mol. The fourth-order valence-corrected chi connectivity index (χ4v) is 2.37. The van der Waals surface area contributed by atoms with Crippen molar-refractivity contribution in [3.05, 3.63) is 38.6 Å². The summed E-state index contributed by atoms with van der Waals surface area (Å²) in [5, 5.41) is 11.1. The van der Waals surface area contributed by atoms with E-state index in [0.717, 1.165) is 11.3 Å². The molecule has 0 aromatic carbocycles. The fraction of sp³-hybridized carbons (Fsp3) is 0.357. The molecule has 1 N–H and O–H groups in total. The second-order valence-electron chi connectivity index (χ2n) is 4.64. The van der Waals surface area contributed by atoms with E-state index in [1.807, 2.05) is 20.8 Å². The zero-order valence-electron chi connectivity index (χ0n) is 12.0. The van der Waals surface area contributed by atoms with Crippen LogP contribution >= 0.6 is 11.6 Å². The van der Waals surface area contributed by atoms with Crippen molar-refractivity contribution in [1.29, 1.82) is 0 Å². The van der Waals surface area contributed by atoms with E-state index in [-0.39, 0.29) is 28.9 Å². The first-order valence-corrected chi connectivity index (χ1v) is 6.72. The molecule has 1 unspecified atom stereocenters. The second kappa shape index (κ2) is 6.02. The standard InChI is InChI=1S/C14H15ClN4O2/c1-5-6-19-14(20)13(11(15)7-16-19)17-8(2)12-9(3)18-21-10(12)4/h1,7-8,17H,6H2,2-4H3. The molecule has 6 nitrogen and oxygen atoms in total. The van der Waals surface area contributed by atoms with Gasteiger partial charge in [-0.2, -0.15) is 5.10 Å². The molecule has 0 aliphatic carbocycles. The molecule has 1 atom stereocenters. The van der Waals surface area contributed by atoms with Crippen LogP contribution in [0.2, 0.25) is 5.02 Å². The molecule has 0 spiro atoms. The van der Waals surface area contributed by atoms with Crippen LogP contribution in [-0.4, -0.2) is 14.9 Å². The lowest BCUT2D eigenvalue weighted by atomic mass is 10.1. The summed E-state index contributed by atoms with van der Waals surface area (Å²) < 4.78 is 6.31. The minimum absolute atomic E-state index is 0.0877. The smallest absolute Gasteiger partial charge is 0.292 e. The van der Waals surface area contributed by atoms with E-state index in [2.05, 4.69) is 21.5 Å². The van der Waals surface area contributed by atoms with Gasteiger partial charge in [0.25, 0.3) is 5.56 Å². The lowest BCUT2D eigenvalue weighted by Crippen LogP contribution is -2.26. The quantitative estimate of drug-likeness (QED) is 0.878. The van der Waals surface area contributed by atoms with Gasteiger partial charge in [-0.15, -0.1) is 6.42 Å². The Morgan fingerprint density at radius 3 is 2.86 bits per heavy atom. The van der Waals surface area contributed by atoms with E-state index in [1.54, 1.807) is 0 Å². The fourth-order valence-electron chi connectivity index (χ4n) is 2.20. The molecular formula is C14H15ClN4O2. The highest BCUT2D eigenvalue weighted by Crippen LogP contribution is 2.26. The summed E-state index contributed by atoms with van der Waals surface area (Å²) in [6, 6.07) is -0.192. The Balaban J connectivity index is 2.38. The SMILES string of the molecule is C#CCn1ncc(Cl)c(NC(C)c2c(C)noc2C)c1=O. The van der Waals surface area contributed by atoms with Crippen LogP contribution in [0, 0.1) is 26.2 Å². The van der Waals surface area contributed by atoms with Crippen LogP contribution in [0.25, 0.3) is 0 Å². The number of hydrogen-bond acceptors (Lipinski definition) is 5. The molecule has 2 heterocycles. The van der Waals surface area contributed by atoms with E-state index in [4.69, 9.17) is 22.5 Å². The van der Waals surface area contributed by atoms with E-state index >= 15 is 0 Å². The van der Waals surface area contributed by atoms with Crippen molar-refractivity contribution in [2.24, 2.45) is 0 Å². The van der Waals surface area contributed by atoms with E-state index in [1.165, 1.54) is 10.9 Å². The van der Waals surface area contributed by atoms with Crippen LogP contribution in [0.15, 0.2) is 15.5 Å². The Hall–Kier alpha value is -2.26. The van der Waals surface area contributed by atoms with Crippen molar-refractivity contribution < 1.29 is 4.52 Å². The van der Waals surface area contributed by atoms with Crippen LogP contribution in [0.5, 0.6) is 0 Å². The molecule has 2 rings (SSSR count). The average molecular weight is 307 g/mol. The average Bonchev–Trinajstić information content (AvgIpc) is 2.77. The summed E-state index contributed by atoms with van der Waals surface area (Å²) >= 11 is 6.06. The topological polar surface area (TPSA) is 73.0 Å². The molecule has 0 aliphatic rings. The number of terminal acetylenes is 1. The third-order valence-electron chi connectivity index (χ3n) is 3.12. The number of aryl methyl sites for hydroxylation is 2. The van der Waals surface area contributed by atoms with Gasteiger partial charge in [0.2, 0.25) is 0 Å². The number of nitrogens with one attached hydrogen (secondary N) is 1. The Kier molecular flexibility index (Phi) is 4.34. The number of aromatic nitrogens is 3. The second-order valence-corrected chi connectivity index (χ2v) is 5.05. The highest BCUT2D eigenvalue weighted by atomic mass is 35.5. The molecule has 7 heteroatoms. The summed E-state index contributed by atoms with van der Waals surface area (Å²) in [7, 11) is 0. The van der Waals surface area contributed by atoms with Gasteiger partial charge >= 0.3 is 0 Å². The van der Waals surface area contributed by atoms with Gasteiger partial charge in [0.15, 0.2) is 0 Å². The van der Waals surface area contributed by atoms with Crippen molar-refractivity contribution in [3.63, 3.8) is 0 Å². The third kappa shape index (κ3) is 2.93. The van der Waals surface area contributed by atoms with Crippen LogP contribution < -0.4 is 10.9 Å². The van der Waals surface area contributed by atoms with Crippen LogP contribution in [0.4, 0.5) is 5.69 Å². The van der Waals surface area contributed by atoms with Crippen LogP contribution in [-0.2, 0) is 6.54 Å². The van der Waals surface area contributed by atoms with Gasteiger partial charge in [-0.3, -0.25) is 4.79 Å². The number of rotatable bonds is 4. The maximum Gasteiger partial charge on any atom is 0.292 e. The summed E-state index contributed by atoms with van der Waals surface area (Å²) in [4.78, 5) is 12.3. The molecule has 0 bridgehead atoms. The maximum absolute atomic E-state index is 12.3. The monoisotopic (exact) mass is 306 g/mol. The number of halogens is 1. The highest BCUT2D eigenvalue weighted by Gasteiger charge is 2.19. The Morgan fingerprint density at radius 1 is 1.57 bits per heavy atom. The number of nitrogens with zero attached hydrogens (tertiary/aromatic N) is 3. The first-order valence-electron chi connectivity index (χ1n) is 6.34.